The zero-order chi connectivity index (χ0) is 36.8. The van der Waals surface area contributed by atoms with Crippen LogP contribution in [0.1, 0.15) is 108 Å². The number of rotatable bonds is 15. The molecule has 0 unspecified atom stereocenters. The third-order valence-electron chi connectivity index (χ3n) is 9.94. The molecule has 5 heteroatoms. The predicted octanol–water partition coefficient (Wildman–Crippen LogP) is 12.4. The van der Waals surface area contributed by atoms with Gasteiger partial charge >= 0.3 is 0 Å². The van der Waals surface area contributed by atoms with Gasteiger partial charge in [0.05, 0.1) is 5.76 Å². The molecule has 0 atom stereocenters. The Hall–Kier alpha value is -3.92. The molecule has 0 saturated heterocycles. The summed E-state index contributed by atoms with van der Waals surface area (Å²) in [6.45, 7) is 14.7. The van der Waals surface area contributed by atoms with Crippen LogP contribution in [0.25, 0.3) is 33.3 Å². The fraction of sp³-hybridized carbons (Fsp3) is 0.383. The number of benzene rings is 3. The number of fused-ring (bicyclic) bond motifs is 1. The molecule has 0 saturated carbocycles. The molecule has 1 N–H and O–H groups in total. The van der Waals surface area contributed by atoms with E-state index in [9.17, 15) is 9.90 Å². The monoisotopic (exact) mass is 873 g/mol. The number of pyridine rings is 2. The minimum Gasteiger partial charge on any atom is -0.512 e. The van der Waals surface area contributed by atoms with Crippen LogP contribution in [0.5, 0.6) is 0 Å². The Morgan fingerprint density at radius 2 is 1.52 bits per heavy atom. The largest absolute Gasteiger partial charge is 0.512 e. The van der Waals surface area contributed by atoms with Crippen molar-refractivity contribution < 1.29 is 30.0 Å². The summed E-state index contributed by atoms with van der Waals surface area (Å²) in [7, 11) is 0. The number of aliphatic hydroxyl groups excluding tert-OH is 1. The molecule has 0 aliphatic carbocycles. The van der Waals surface area contributed by atoms with Gasteiger partial charge in [0.15, 0.2) is 5.78 Å². The van der Waals surface area contributed by atoms with E-state index in [1.165, 1.54) is 39.1 Å². The number of carbonyl (C=O) groups is 1. The van der Waals surface area contributed by atoms with Gasteiger partial charge < -0.3 is 15.1 Å². The maximum atomic E-state index is 11.7. The van der Waals surface area contributed by atoms with Crippen molar-refractivity contribution in [2.45, 2.75) is 106 Å². The zero-order valence-electron chi connectivity index (χ0n) is 32.1. The number of hydrogen-bond acceptors (Lipinski definition) is 4. The standard InChI is InChI=1S/C34H32N2.C13H24O2.Ir/c1-24(2)29-18-19-31-32(21-29)30(23-36-34(31)28-16-13-25(3)14-17-28)12-8-7-9-26-15-20-33(35-22-26)27-10-5-4-6-11-27;1-5-10(6-2)12(14)9-13(15)11(7-3)8-4;/h4-6,10,13-16,18-24H,7-9,12H2,1-3H3;9-11,14H,5-8H2,1-4H3;/q-2;;/b;12-9-;. The molecule has 0 aliphatic rings. The van der Waals surface area contributed by atoms with Crippen molar-refractivity contribution in [1.82, 2.24) is 9.97 Å². The molecule has 2 heterocycles. The van der Waals surface area contributed by atoms with Crippen molar-refractivity contribution in [3.8, 4) is 22.5 Å². The van der Waals surface area contributed by atoms with Gasteiger partial charge in [0, 0.05) is 50.4 Å². The number of carbonyl (C=O) groups excluding carboxylic acids is 1. The Kier molecular flexibility index (Phi) is 17.6. The van der Waals surface area contributed by atoms with Gasteiger partial charge in [-0.25, -0.2) is 0 Å². The molecule has 0 fully saturated rings. The van der Waals surface area contributed by atoms with Crippen LogP contribution in [0.2, 0.25) is 0 Å². The average Bonchev–Trinajstić information content (AvgIpc) is 3.15. The van der Waals surface area contributed by atoms with Gasteiger partial charge in [-0.15, -0.1) is 71.3 Å². The zero-order valence-corrected chi connectivity index (χ0v) is 34.5. The second-order valence-electron chi connectivity index (χ2n) is 13.9. The van der Waals surface area contributed by atoms with E-state index in [0.717, 1.165) is 73.9 Å². The maximum absolute atomic E-state index is 11.7. The second-order valence-corrected chi connectivity index (χ2v) is 13.9. The Balaban J connectivity index is 0.000000389. The number of ketones is 1. The number of allylic oxidation sites excluding steroid dienone is 2. The van der Waals surface area contributed by atoms with Crippen LogP contribution in [-0.4, -0.2) is 20.9 Å². The normalized spacial score (nSPS) is 11.5. The summed E-state index contributed by atoms with van der Waals surface area (Å²) in [5.74, 6) is 1.04. The van der Waals surface area contributed by atoms with E-state index in [-0.39, 0.29) is 43.5 Å². The summed E-state index contributed by atoms with van der Waals surface area (Å²) in [5.41, 5.74) is 9.28. The molecule has 277 valence electrons. The number of unbranched alkanes of at least 4 members (excludes halogenated alkanes) is 1. The van der Waals surface area contributed by atoms with Crippen LogP contribution in [0, 0.1) is 30.9 Å². The quantitative estimate of drug-likeness (QED) is 0.0493. The molecule has 0 spiro atoms. The molecule has 5 aromatic rings. The fourth-order valence-electron chi connectivity index (χ4n) is 6.45. The summed E-state index contributed by atoms with van der Waals surface area (Å²) >= 11 is 0. The molecule has 0 bridgehead atoms. The molecule has 1 radical (unpaired) electrons. The van der Waals surface area contributed by atoms with E-state index >= 15 is 0 Å². The fourth-order valence-corrected chi connectivity index (χ4v) is 6.45. The first-order valence-corrected chi connectivity index (χ1v) is 18.9. The SMILES string of the molecule is CCC(CC)C(=O)/C=C(\O)C(CC)CC.Cc1c[c-]c(-c2ncc(CCCCc3ccc(-c4[c-]cccc4)nc3)c3cc(C(C)C)ccc23)cc1.[Ir]. The molecular formula is C47H56IrN2O2-2. The number of aromatic nitrogens is 2. The number of aryl methyl sites for hydroxylation is 3. The third kappa shape index (κ3) is 11.8. The van der Waals surface area contributed by atoms with Gasteiger partial charge in [-0.2, -0.15) is 0 Å². The number of nitrogens with zero attached hydrogens (tertiary/aromatic N) is 2. The first-order valence-electron chi connectivity index (χ1n) is 18.9. The van der Waals surface area contributed by atoms with Crippen molar-refractivity contribution in [2.24, 2.45) is 11.8 Å². The van der Waals surface area contributed by atoms with Gasteiger partial charge in [0.2, 0.25) is 0 Å². The van der Waals surface area contributed by atoms with Gasteiger partial charge in [0.1, 0.15) is 0 Å². The van der Waals surface area contributed by atoms with Crippen molar-refractivity contribution in [2.75, 3.05) is 0 Å². The van der Waals surface area contributed by atoms with Crippen LogP contribution < -0.4 is 0 Å². The van der Waals surface area contributed by atoms with E-state index in [1.807, 2.05) is 64.2 Å². The smallest absolute Gasteiger partial charge is 0.162 e. The predicted molar refractivity (Wildman–Crippen MR) is 214 cm³/mol. The Labute approximate surface area is 326 Å². The number of aliphatic hydroxyl groups is 1. The first-order chi connectivity index (χ1) is 24.7. The molecule has 2 aromatic heterocycles. The van der Waals surface area contributed by atoms with Gasteiger partial charge in [0.25, 0.3) is 0 Å². The summed E-state index contributed by atoms with van der Waals surface area (Å²) < 4.78 is 0. The van der Waals surface area contributed by atoms with Gasteiger partial charge in [-0.05, 0) is 96.1 Å². The van der Waals surface area contributed by atoms with Gasteiger partial charge in [-0.3, -0.25) is 4.79 Å². The molecule has 0 aliphatic heterocycles. The molecule has 52 heavy (non-hydrogen) atoms. The van der Waals surface area contributed by atoms with E-state index in [4.69, 9.17) is 4.98 Å². The van der Waals surface area contributed by atoms with Crippen molar-refractivity contribution >= 4 is 16.6 Å². The summed E-state index contributed by atoms with van der Waals surface area (Å²) in [6.07, 6.45) is 13.3. The molecule has 3 aromatic carbocycles. The third-order valence-corrected chi connectivity index (χ3v) is 9.94. The Morgan fingerprint density at radius 3 is 2.12 bits per heavy atom. The summed E-state index contributed by atoms with van der Waals surface area (Å²) in [5, 5.41) is 12.3. The van der Waals surface area contributed by atoms with E-state index in [0.29, 0.717) is 5.92 Å². The van der Waals surface area contributed by atoms with Crippen LogP contribution in [0.3, 0.4) is 0 Å². The Morgan fingerprint density at radius 1 is 0.788 bits per heavy atom. The molecular weight excluding hydrogens is 817 g/mol. The first kappa shape index (κ1) is 42.5. The molecule has 0 amide bonds. The van der Waals surface area contributed by atoms with E-state index in [2.05, 4.69) is 86.5 Å². The van der Waals surface area contributed by atoms with E-state index in [1.54, 1.807) is 0 Å². The van der Waals surface area contributed by atoms with E-state index < -0.39 is 0 Å². The van der Waals surface area contributed by atoms with Crippen molar-refractivity contribution in [3.63, 3.8) is 0 Å². The number of hydrogen-bond donors (Lipinski definition) is 1. The van der Waals surface area contributed by atoms with Crippen molar-refractivity contribution in [1.29, 1.82) is 0 Å². The Bertz CT molecular complexity index is 1840. The van der Waals surface area contributed by atoms with Crippen LogP contribution in [-0.2, 0) is 37.7 Å². The van der Waals surface area contributed by atoms with Gasteiger partial charge in [-0.1, -0.05) is 78.8 Å². The summed E-state index contributed by atoms with van der Waals surface area (Å²) in [4.78, 5) is 21.3. The summed E-state index contributed by atoms with van der Waals surface area (Å²) in [6, 6.07) is 32.1. The average molecular weight is 873 g/mol. The topological polar surface area (TPSA) is 63.1 Å². The minimum absolute atomic E-state index is 0. The molecule has 4 nitrogen and oxygen atoms in total. The van der Waals surface area contributed by atoms with Crippen molar-refractivity contribution in [3.05, 3.63) is 131 Å². The molecule has 5 rings (SSSR count). The van der Waals surface area contributed by atoms with Crippen LogP contribution in [0.4, 0.5) is 0 Å². The maximum Gasteiger partial charge on any atom is 0.162 e. The van der Waals surface area contributed by atoms with Crippen LogP contribution >= 0.6 is 0 Å². The van der Waals surface area contributed by atoms with Crippen LogP contribution in [0.15, 0.2) is 97.0 Å². The minimum atomic E-state index is 0. The second kappa shape index (κ2) is 21.6.